The van der Waals surface area contributed by atoms with Gasteiger partial charge in [0.2, 0.25) is 0 Å². The Morgan fingerprint density at radius 3 is 2.50 bits per heavy atom. The fourth-order valence-electron chi connectivity index (χ4n) is 1.90. The number of nitrogens with two attached hydrogens (primary N) is 1. The lowest BCUT2D eigenvalue weighted by atomic mass is 10.0. The fraction of sp³-hybridized carbons (Fsp3) is 0.200. The predicted octanol–water partition coefficient (Wildman–Crippen LogP) is 2.28. The Kier molecular flexibility index (Phi) is 3.76. The topological polar surface area (TPSA) is 91.9 Å². The summed E-state index contributed by atoms with van der Waals surface area (Å²) in [5, 5.41) is 9.09. The number of nitriles is 1. The van der Waals surface area contributed by atoms with Crippen molar-refractivity contribution in [2.24, 2.45) is 0 Å². The molecule has 0 fully saturated rings. The number of nitrogens with zero attached hydrogens (tertiary/aromatic N) is 1. The first kappa shape index (κ1) is 13.7. The number of nitrogen functional groups attached to an aromatic ring is 1. The minimum atomic E-state index is -0.481. The number of aromatic amines is 1. The lowest BCUT2D eigenvalue weighted by Crippen LogP contribution is -2.13. The second-order valence-corrected chi connectivity index (χ2v) is 4.65. The highest BCUT2D eigenvalue weighted by molar-refractivity contribution is 5.72. The second-order valence-electron chi connectivity index (χ2n) is 4.65. The average Bonchev–Trinajstić information content (AvgIpc) is 2.38. The van der Waals surface area contributed by atoms with Gasteiger partial charge in [-0.1, -0.05) is 12.1 Å². The van der Waals surface area contributed by atoms with Gasteiger partial charge in [0.15, 0.2) is 0 Å². The summed E-state index contributed by atoms with van der Waals surface area (Å²) < 4.78 is 5.55. The lowest BCUT2D eigenvalue weighted by molar-refractivity contribution is 0.242. The van der Waals surface area contributed by atoms with Crippen LogP contribution in [0, 0.1) is 11.3 Å². The molecular weight excluding hydrogens is 254 g/mol. The van der Waals surface area contributed by atoms with Gasteiger partial charge in [-0.05, 0) is 37.6 Å². The molecule has 1 heterocycles. The molecule has 0 saturated carbocycles. The zero-order valence-electron chi connectivity index (χ0n) is 11.3. The summed E-state index contributed by atoms with van der Waals surface area (Å²) in [6.45, 7) is 3.89. The molecule has 5 nitrogen and oxygen atoms in total. The largest absolute Gasteiger partial charge is 0.491 e. The Hall–Kier alpha value is -2.74. The molecule has 5 heteroatoms. The number of ether oxygens (including phenoxy) is 1. The Morgan fingerprint density at radius 1 is 1.30 bits per heavy atom. The van der Waals surface area contributed by atoms with Crippen LogP contribution in [0.4, 0.5) is 5.82 Å². The number of hydrogen-bond acceptors (Lipinski definition) is 4. The maximum Gasteiger partial charge on any atom is 0.268 e. The normalized spacial score (nSPS) is 10.3. The van der Waals surface area contributed by atoms with Crippen molar-refractivity contribution in [1.82, 2.24) is 4.98 Å². The molecule has 20 heavy (non-hydrogen) atoms. The van der Waals surface area contributed by atoms with Gasteiger partial charge in [-0.2, -0.15) is 5.26 Å². The molecule has 1 aromatic carbocycles. The molecule has 3 N–H and O–H groups in total. The van der Waals surface area contributed by atoms with Crippen LogP contribution in [0.3, 0.4) is 0 Å². The van der Waals surface area contributed by atoms with Gasteiger partial charge in [0, 0.05) is 5.56 Å². The number of aromatic nitrogens is 1. The predicted molar refractivity (Wildman–Crippen MR) is 77.4 cm³/mol. The molecule has 2 aromatic rings. The average molecular weight is 269 g/mol. The van der Waals surface area contributed by atoms with Gasteiger partial charge in [0.25, 0.3) is 5.56 Å². The van der Waals surface area contributed by atoms with E-state index in [4.69, 9.17) is 15.7 Å². The van der Waals surface area contributed by atoms with Gasteiger partial charge >= 0.3 is 0 Å². The van der Waals surface area contributed by atoms with Gasteiger partial charge in [0.05, 0.1) is 6.10 Å². The Morgan fingerprint density at radius 2 is 1.95 bits per heavy atom. The van der Waals surface area contributed by atoms with Crippen LogP contribution in [0.2, 0.25) is 0 Å². The molecule has 0 bridgehead atoms. The van der Waals surface area contributed by atoms with Crippen LogP contribution in [-0.4, -0.2) is 11.1 Å². The molecular formula is C15H15N3O2. The highest BCUT2D eigenvalue weighted by atomic mass is 16.5. The molecule has 0 saturated heterocycles. The summed E-state index contributed by atoms with van der Waals surface area (Å²) in [5.41, 5.74) is 6.46. The van der Waals surface area contributed by atoms with E-state index in [1.54, 1.807) is 30.3 Å². The molecule has 102 valence electrons. The van der Waals surface area contributed by atoms with E-state index in [0.29, 0.717) is 5.56 Å². The molecule has 0 spiro atoms. The Labute approximate surface area is 116 Å². The van der Waals surface area contributed by atoms with Gasteiger partial charge in [0.1, 0.15) is 23.2 Å². The van der Waals surface area contributed by atoms with Crippen LogP contribution >= 0.6 is 0 Å². The first-order valence-corrected chi connectivity index (χ1v) is 6.21. The third-order valence-corrected chi connectivity index (χ3v) is 2.70. The number of pyridine rings is 1. The monoisotopic (exact) mass is 269 g/mol. The van der Waals surface area contributed by atoms with Gasteiger partial charge in [-0.3, -0.25) is 4.79 Å². The van der Waals surface area contributed by atoms with Crippen molar-refractivity contribution in [2.45, 2.75) is 20.0 Å². The first-order chi connectivity index (χ1) is 9.51. The quantitative estimate of drug-likeness (QED) is 0.894. The molecule has 0 aliphatic rings. The second kappa shape index (κ2) is 5.49. The number of rotatable bonds is 3. The number of hydrogen-bond donors (Lipinski definition) is 2. The summed E-state index contributed by atoms with van der Waals surface area (Å²) >= 11 is 0. The van der Waals surface area contributed by atoms with Gasteiger partial charge in [-0.25, -0.2) is 0 Å². The highest BCUT2D eigenvalue weighted by Gasteiger charge is 2.10. The van der Waals surface area contributed by atoms with E-state index < -0.39 is 5.56 Å². The van der Waals surface area contributed by atoms with Crippen molar-refractivity contribution in [3.05, 3.63) is 46.2 Å². The van der Waals surface area contributed by atoms with Crippen LogP contribution in [-0.2, 0) is 0 Å². The third kappa shape index (κ3) is 2.81. The standard InChI is InChI=1S/C15H15N3O2/c1-9(2)20-11-5-3-10(4-6-11)12-7-14(17)18-15(19)13(12)8-16/h3-7,9H,1-2H3,(H3,17,18,19). The van der Waals surface area contributed by atoms with Gasteiger partial charge in [-0.15, -0.1) is 0 Å². The fourth-order valence-corrected chi connectivity index (χ4v) is 1.90. The van der Waals surface area contributed by atoms with E-state index in [1.807, 2.05) is 19.9 Å². The molecule has 1 aromatic heterocycles. The number of benzene rings is 1. The van der Waals surface area contributed by atoms with Gasteiger partial charge < -0.3 is 15.5 Å². The minimum absolute atomic E-state index is 0.0525. The third-order valence-electron chi connectivity index (χ3n) is 2.70. The van der Waals surface area contributed by atoms with Crippen LogP contribution in [0.1, 0.15) is 19.4 Å². The Balaban J connectivity index is 2.47. The molecule has 0 unspecified atom stereocenters. The van der Waals surface area contributed by atoms with Crippen molar-refractivity contribution in [2.75, 3.05) is 5.73 Å². The maximum absolute atomic E-state index is 11.7. The summed E-state index contributed by atoms with van der Waals surface area (Å²) in [7, 11) is 0. The van der Waals surface area contributed by atoms with Crippen LogP contribution in [0.5, 0.6) is 5.75 Å². The van der Waals surface area contributed by atoms with E-state index in [-0.39, 0.29) is 17.5 Å². The Bertz CT molecular complexity index is 709. The van der Waals surface area contributed by atoms with Crippen molar-refractivity contribution < 1.29 is 4.74 Å². The minimum Gasteiger partial charge on any atom is -0.491 e. The van der Waals surface area contributed by atoms with Crippen molar-refractivity contribution >= 4 is 5.82 Å². The molecule has 0 radical (unpaired) electrons. The van der Waals surface area contributed by atoms with Crippen molar-refractivity contribution in [1.29, 1.82) is 5.26 Å². The SMILES string of the molecule is CC(C)Oc1ccc(-c2cc(N)[nH]c(=O)c2C#N)cc1. The summed E-state index contributed by atoms with van der Waals surface area (Å²) in [5.74, 6) is 0.964. The van der Waals surface area contributed by atoms with E-state index >= 15 is 0 Å². The number of nitrogens with one attached hydrogen (secondary N) is 1. The zero-order valence-corrected chi connectivity index (χ0v) is 11.3. The summed E-state index contributed by atoms with van der Waals surface area (Å²) in [6, 6.07) is 10.7. The molecule has 0 aliphatic heterocycles. The number of H-pyrrole nitrogens is 1. The lowest BCUT2D eigenvalue weighted by Gasteiger charge is -2.10. The first-order valence-electron chi connectivity index (χ1n) is 6.21. The highest BCUT2D eigenvalue weighted by Crippen LogP contribution is 2.25. The van der Waals surface area contributed by atoms with Crippen molar-refractivity contribution in [3.8, 4) is 22.9 Å². The molecule has 2 rings (SSSR count). The van der Waals surface area contributed by atoms with Crippen LogP contribution in [0.15, 0.2) is 35.1 Å². The molecule has 0 atom stereocenters. The van der Waals surface area contributed by atoms with Crippen LogP contribution in [0.25, 0.3) is 11.1 Å². The molecule has 0 amide bonds. The van der Waals surface area contributed by atoms with Crippen LogP contribution < -0.4 is 16.0 Å². The van der Waals surface area contributed by atoms with E-state index in [9.17, 15) is 4.79 Å². The summed E-state index contributed by atoms with van der Waals surface area (Å²) in [4.78, 5) is 14.1. The summed E-state index contributed by atoms with van der Waals surface area (Å²) in [6.07, 6.45) is 0.0886. The number of anilines is 1. The van der Waals surface area contributed by atoms with E-state index in [2.05, 4.69) is 4.98 Å². The van der Waals surface area contributed by atoms with E-state index in [0.717, 1.165) is 11.3 Å². The molecule has 0 aliphatic carbocycles. The van der Waals surface area contributed by atoms with E-state index in [1.165, 1.54) is 0 Å². The zero-order chi connectivity index (χ0) is 14.7. The van der Waals surface area contributed by atoms with Crippen molar-refractivity contribution in [3.63, 3.8) is 0 Å². The maximum atomic E-state index is 11.7. The smallest absolute Gasteiger partial charge is 0.268 e.